The predicted molar refractivity (Wildman–Crippen MR) is 526 cm³/mol. The number of hydrogen-bond acceptors (Lipinski definition) is 17. The van der Waals surface area contributed by atoms with Crippen LogP contribution in [0.4, 0.5) is 0 Å². The molecule has 4 atom stereocenters. The van der Waals surface area contributed by atoms with Crippen LogP contribution >= 0.6 is 0 Å². The number of pyridine rings is 8. The Hall–Kier alpha value is -16.2. The highest BCUT2D eigenvalue weighted by atomic mass is 16.5. The highest BCUT2D eigenvalue weighted by molar-refractivity contribution is 6.11. The molecule has 0 radical (unpaired) electrons. The van der Waals surface area contributed by atoms with Crippen LogP contribution in [0.5, 0.6) is 17.4 Å². The van der Waals surface area contributed by atoms with Gasteiger partial charge in [0.05, 0.1) is 97.3 Å². The average Bonchev–Trinajstić information content (AvgIpc) is 1.63. The maximum Gasteiger partial charge on any atom is 0.256 e. The van der Waals surface area contributed by atoms with Crippen molar-refractivity contribution < 1.29 is 33.4 Å². The lowest BCUT2D eigenvalue weighted by atomic mass is 10.0. The molecule has 135 heavy (non-hydrogen) atoms. The van der Waals surface area contributed by atoms with Crippen molar-refractivity contribution in [1.29, 1.82) is 0 Å². The minimum atomic E-state index is -0.275. The van der Waals surface area contributed by atoms with Gasteiger partial charge in [-0.15, -0.1) is 0 Å². The van der Waals surface area contributed by atoms with Crippen molar-refractivity contribution in [3.05, 3.63) is 390 Å². The summed E-state index contributed by atoms with van der Waals surface area (Å²) < 4.78 is 24.4. The van der Waals surface area contributed by atoms with Crippen molar-refractivity contribution in [2.24, 2.45) is 0 Å². The van der Waals surface area contributed by atoms with Crippen molar-refractivity contribution in [1.82, 2.24) is 89.4 Å². The van der Waals surface area contributed by atoms with Gasteiger partial charge in [0.2, 0.25) is 5.88 Å². The van der Waals surface area contributed by atoms with E-state index in [-0.39, 0.29) is 96.2 Å². The van der Waals surface area contributed by atoms with Gasteiger partial charge in [-0.05, 0) is 234 Å². The highest BCUT2D eigenvalue weighted by Crippen LogP contribution is 2.38. The molecule has 13 aromatic heterocycles. The summed E-state index contributed by atoms with van der Waals surface area (Å²) in [6.45, 7) is 29.6. The Kier molecular flexibility index (Phi) is 29.2. The van der Waals surface area contributed by atoms with E-state index in [0.717, 1.165) is 134 Å². The Morgan fingerprint density at radius 2 is 0.763 bits per heavy atom. The molecule has 0 bridgehead atoms. The van der Waals surface area contributed by atoms with Gasteiger partial charge >= 0.3 is 0 Å². The topological polar surface area (TPSA) is 373 Å². The number of amides is 4. The van der Waals surface area contributed by atoms with E-state index < -0.39 is 0 Å². The van der Waals surface area contributed by atoms with Crippen molar-refractivity contribution in [2.45, 2.75) is 154 Å². The van der Waals surface area contributed by atoms with Crippen molar-refractivity contribution in [2.75, 3.05) is 21.3 Å². The quantitative estimate of drug-likeness (QED) is 0.0278. The fourth-order valence-electron chi connectivity index (χ4n) is 18.1. The van der Waals surface area contributed by atoms with E-state index in [1.54, 1.807) is 70.7 Å². The van der Waals surface area contributed by atoms with Gasteiger partial charge in [0.15, 0.2) is 0 Å². The van der Waals surface area contributed by atoms with Gasteiger partial charge in [0, 0.05) is 152 Å². The number of aromatic nitrogens is 14. The molecule has 29 heteroatoms. The minimum absolute atomic E-state index is 0.0180. The van der Waals surface area contributed by atoms with E-state index >= 15 is 0 Å². The standard InChI is InChI=1S/C30H29N5O2.C26H28N4O3.C25H27N5O3.C25H26N4O3/c1-18-14-19(2)34-29(36)25(18)16-32-30(37)28-21(4)35(27-11-6-5-10-24(27)28)20(3)22-8-7-9-23(15-22)26-12-13-31-17-33-26;1-15-12-16(2)29-25(31)22(15)14-28-26(32)23-18(4)30(24-21(23)10-7-11-27-24)17(3)19-8-6-9-20(13-19)33-5;1-14-11-15(2)29-24(31)20(14)13-28-25(32)22-17(4)30(23-19(22)7-6-9-27-23)16(3)18-8-10-26-21(12-18)33-5;1-15-12-22(32-4)20(24(30)28-15)13-27-25(31)23-17(3)29(21-14-26-11-10-19(21)23)16(2)18-8-6-5-7-9-18/h5-15,17,20H,16H2,1-4H3,(H,32,37)(H,34,36);6-13,17H,14H2,1-5H3,(H,28,32)(H,29,31);6-12,16H,13H2,1-5H3,(H,28,32)(H,29,31);5-12,14,16H,13H2,1-4H3,(H,27,31)(H,28,30). The summed E-state index contributed by atoms with van der Waals surface area (Å²) >= 11 is 0. The number of carbonyl (C=O) groups is 4. The zero-order valence-corrected chi connectivity index (χ0v) is 78.9. The number of carbonyl (C=O) groups excluding carboxylic acids is 4. The average molecular weight is 1810 g/mol. The largest absolute Gasteiger partial charge is 0.497 e. The molecule has 0 saturated heterocycles. The number of aromatic amines is 4. The number of fused-ring (bicyclic) bond motifs is 4. The lowest BCUT2D eigenvalue weighted by molar-refractivity contribution is 0.0943. The molecule has 0 saturated carbocycles. The molecule has 0 aliphatic heterocycles. The van der Waals surface area contributed by atoms with Crippen LogP contribution in [0.2, 0.25) is 0 Å². The maximum absolute atomic E-state index is 13.5. The zero-order valence-electron chi connectivity index (χ0n) is 78.9. The Bertz CT molecular complexity index is 7370. The number of methoxy groups -OCH3 is 3. The van der Waals surface area contributed by atoms with Crippen LogP contribution in [0.1, 0.15) is 200 Å². The smallest absolute Gasteiger partial charge is 0.256 e. The van der Waals surface area contributed by atoms with Crippen molar-refractivity contribution in [3.8, 4) is 28.6 Å². The molecule has 8 N–H and O–H groups in total. The molecule has 690 valence electrons. The number of para-hydroxylation sites is 1. The van der Waals surface area contributed by atoms with E-state index in [9.17, 15) is 38.4 Å². The first-order valence-electron chi connectivity index (χ1n) is 44.4. The van der Waals surface area contributed by atoms with Gasteiger partial charge in [-0.1, -0.05) is 78.9 Å². The summed E-state index contributed by atoms with van der Waals surface area (Å²) in [7, 11) is 4.73. The van der Waals surface area contributed by atoms with Crippen LogP contribution in [0.3, 0.4) is 0 Å². The fourth-order valence-corrected chi connectivity index (χ4v) is 18.1. The second kappa shape index (κ2) is 41.5. The van der Waals surface area contributed by atoms with E-state index in [4.69, 9.17) is 14.2 Å². The van der Waals surface area contributed by atoms with Gasteiger partial charge in [-0.2, -0.15) is 0 Å². The number of aryl methyl sites for hydroxylation is 7. The zero-order chi connectivity index (χ0) is 96.3. The second-order valence-corrected chi connectivity index (χ2v) is 33.6. The molecule has 17 aromatic rings. The van der Waals surface area contributed by atoms with Crippen LogP contribution in [-0.4, -0.2) is 113 Å². The molecule has 29 nitrogen and oxygen atoms in total. The van der Waals surface area contributed by atoms with Crippen LogP contribution in [0, 0.1) is 76.2 Å². The summed E-state index contributed by atoms with van der Waals surface area (Å²) in [6.07, 6.45) is 11.9. The SMILES string of the molecule is COc1cc(C(C)n2c(C)c(C(=O)NCc3c(C)cc(C)[nH]c3=O)c3cccnc32)ccn1.COc1cc(C)[nH]c(=O)c1CNC(=O)c1c(C)n(C(C)c2ccccc2)c2cnccc12.COc1cccc(C(C)n2c(C)c(C(=O)NCc3c(C)cc(C)[nH]c3=O)c3cccnc32)c1.Cc1cc(C)c(CNC(=O)c2c(C)n(C(C)c3cccc(-c4ccncn4)c3)c3ccccc23)c(=O)[nH]1. The molecule has 0 aliphatic carbocycles. The Labute approximate surface area is 780 Å². The molecule has 0 fully saturated rings. The van der Waals surface area contributed by atoms with E-state index in [2.05, 4.69) is 130 Å². The molecule has 4 aromatic carbocycles. The van der Waals surface area contributed by atoms with Gasteiger partial charge in [0.25, 0.3) is 45.9 Å². The van der Waals surface area contributed by atoms with Crippen molar-refractivity contribution >= 4 is 67.5 Å². The number of ether oxygens (including phenoxy) is 3. The predicted octanol–water partition coefficient (Wildman–Crippen LogP) is 16.9. The molecule has 4 amide bonds. The molecule has 17 rings (SSSR count). The van der Waals surface area contributed by atoms with E-state index in [1.165, 1.54) is 7.11 Å². The Morgan fingerprint density at radius 3 is 1.26 bits per heavy atom. The summed E-state index contributed by atoms with van der Waals surface area (Å²) in [6, 6.07) is 56.5. The van der Waals surface area contributed by atoms with Crippen LogP contribution in [-0.2, 0) is 26.2 Å². The van der Waals surface area contributed by atoms with Gasteiger partial charge in [-0.3, -0.25) is 43.3 Å². The summed E-state index contributed by atoms with van der Waals surface area (Å²) in [5.74, 6) is 0.821. The first-order chi connectivity index (χ1) is 64.9. The number of rotatable bonds is 24. The number of hydrogen-bond donors (Lipinski definition) is 8. The first kappa shape index (κ1) is 94.9. The minimum Gasteiger partial charge on any atom is -0.497 e. The lowest BCUT2D eigenvalue weighted by Crippen LogP contribution is -2.28. The van der Waals surface area contributed by atoms with Gasteiger partial charge in [0.1, 0.15) is 29.1 Å². The fraction of sp³-hybridized carbons (Fsp3) is 0.245. The number of nitrogens with zero attached hydrogens (tertiary/aromatic N) is 10. The number of H-pyrrole nitrogens is 4. The monoisotopic (exact) mass is 1810 g/mol. The van der Waals surface area contributed by atoms with Crippen molar-refractivity contribution in [3.63, 3.8) is 0 Å². The Morgan fingerprint density at radius 1 is 0.348 bits per heavy atom. The third kappa shape index (κ3) is 20.2. The maximum atomic E-state index is 13.5. The lowest BCUT2D eigenvalue weighted by Gasteiger charge is -2.19. The van der Waals surface area contributed by atoms with Gasteiger partial charge in [-0.25, -0.2) is 24.9 Å². The third-order valence-electron chi connectivity index (χ3n) is 24.9. The van der Waals surface area contributed by atoms with Crippen LogP contribution in [0.15, 0.2) is 239 Å². The van der Waals surface area contributed by atoms with E-state index in [0.29, 0.717) is 67.5 Å². The molecular formula is C106H110N18O11. The molecule has 0 spiro atoms. The summed E-state index contributed by atoms with van der Waals surface area (Å²) in [5.41, 5.74) is 22.0. The van der Waals surface area contributed by atoms with Crippen LogP contribution in [0.25, 0.3) is 55.1 Å². The Balaban J connectivity index is 0.000000144. The molecular weight excluding hydrogens is 1700 g/mol. The highest BCUT2D eigenvalue weighted by Gasteiger charge is 2.30. The molecule has 0 aliphatic rings. The third-order valence-corrected chi connectivity index (χ3v) is 24.9. The normalized spacial score (nSPS) is 12.0. The van der Waals surface area contributed by atoms with E-state index in [1.807, 2.05) is 226 Å². The molecule has 4 unspecified atom stereocenters. The number of nitrogens with one attached hydrogen (secondary N) is 8. The molecule has 13 heterocycles. The number of benzene rings is 4. The first-order valence-corrected chi connectivity index (χ1v) is 44.4. The summed E-state index contributed by atoms with van der Waals surface area (Å²) in [5, 5.41) is 15.0. The summed E-state index contributed by atoms with van der Waals surface area (Å²) in [4.78, 5) is 140. The van der Waals surface area contributed by atoms with Gasteiger partial charge < -0.3 is 73.7 Å². The van der Waals surface area contributed by atoms with Crippen LogP contribution < -0.4 is 57.7 Å². The second-order valence-electron chi connectivity index (χ2n) is 33.6.